The van der Waals surface area contributed by atoms with Gasteiger partial charge in [-0.25, -0.2) is 0 Å². The predicted octanol–water partition coefficient (Wildman–Crippen LogP) is 8.92. The molecule has 1 aliphatic carbocycles. The van der Waals surface area contributed by atoms with Crippen LogP contribution in [0.25, 0.3) is 22.5 Å². The van der Waals surface area contributed by atoms with Crippen molar-refractivity contribution in [2.45, 2.75) is 89.5 Å². The molecular weight excluding hydrogens is 536 g/mol. The van der Waals surface area contributed by atoms with Gasteiger partial charge in [-0.1, -0.05) is 105 Å². The highest BCUT2D eigenvalue weighted by molar-refractivity contribution is 6.74. The number of primary amides is 1. The second kappa shape index (κ2) is 11.7. The fourth-order valence-corrected chi connectivity index (χ4v) is 6.79. The lowest BCUT2D eigenvalue weighted by Crippen LogP contribution is -2.42. The number of nitrogens with zero attached hydrogens (tertiary/aromatic N) is 1. The molecule has 5 nitrogen and oxygen atoms in total. The van der Waals surface area contributed by atoms with Crippen molar-refractivity contribution >= 4 is 14.2 Å². The molecule has 220 valence electrons. The molecule has 1 aromatic heterocycles. The van der Waals surface area contributed by atoms with E-state index in [9.17, 15) is 4.79 Å². The lowest BCUT2D eigenvalue weighted by Gasteiger charge is -2.39. The molecule has 0 aliphatic heterocycles. The van der Waals surface area contributed by atoms with Gasteiger partial charge in [0.2, 0.25) is 5.91 Å². The summed E-state index contributed by atoms with van der Waals surface area (Å²) in [6.45, 7) is 13.5. The van der Waals surface area contributed by atoms with Crippen molar-refractivity contribution in [2.24, 2.45) is 5.73 Å². The first-order valence-electron chi connectivity index (χ1n) is 15.1. The predicted molar refractivity (Wildman–Crippen MR) is 173 cm³/mol. The van der Waals surface area contributed by atoms with E-state index in [-0.39, 0.29) is 17.0 Å². The van der Waals surface area contributed by atoms with Gasteiger partial charge >= 0.3 is 0 Å². The molecule has 0 saturated heterocycles. The standard InChI is InChI=1S/C36H44N2O3Si/c1-25-32(31(41-42(5,6)35(2,3)4)14-10-13-26-11-8-7-9-12-26)33(40-38-25)29-17-15-27(16-18-29)28-19-21-30(22-20-28)36(23-24-36)34(37)39/h7-9,11-12,15-22,31H,10,13-14,23-24H2,1-6H3,(H2,37,39). The molecule has 2 N–H and O–H groups in total. The fourth-order valence-electron chi connectivity index (χ4n) is 5.49. The number of amides is 1. The number of hydrogen-bond acceptors (Lipinski definition) is 4. The highest BCUT2D eigenvalue weighted by Gasteiger charge is 2.49. The first kappa shape index (κ1) is 30.0. The molecule has 4 aromatic rings. The normalized spacial score (nSPS) is 15.4. The smallest absolute Gasteiger partial charge is 0.228 e. The lowest BCUT2D eigenvalue weighted by molar-refractivity contribution is -0.120. The third kappa shape index (κ3) is 6.15. The van der Waals surface area contributed by atoms with Crippen molar-refractivity contribution < 1.29 is 13.7 Å². The Kier molecular flexibility index (Phi) is 8.32. The van der Waals surface area contributed by atoms with E-state index < -0.39 is 13.7 Å². The summed E-state index contributed by atoms with van der Waals surface area (Å²) in [5, 5.41) is 4.52. The molecule has 1 heterocycles. The van der Waals surface area contributed by atoms with Gasteiger partial charge in [0.1, 0.15) is 0 Å². The van der Waals surface area contributed by atoms with E-state index in [1.54, 1.807) is 0 Å². The van der Waals surface area contributed by atoms with Crippen molar-refractivity contribution in [3.05, 3.63) is 101 Å². The summed E-state index contributed by atoms with van der Waals surface area (Å²) in [5.41, 5.74) is 12.7. The van der Waals surface area contributed by atoms with Crippen LogP contribution >= 0.6 is 0 Å². The monoisotopic (exact) mass is 580 g/mol. The van der Waals surface area contributed by atoms with Crippen LogP contribution in [0.1, 0.15) is 74.9 Å². The van der Waals surface area contributed by atoms with Gasteiger partial charge in [-0.05, 0) is 79.4 Å². The maximum absolute atomic E-state index is 11.9. The summed E-state index contributed by atoms with van der Waals surface area (Å²) in [4.78, 5) is 11.9. The quantitative estimate of drug-likeness (QED) is 0.180. The molecule has 1 aliphatic rings. The van der Waals surface area contributed by atoms with E-state index in [0.29, 0.717) is 0 Å². The van der Waals surface area contributed by atoms with Crippen molar-refractivity contribution in [2.75, 3.05) is 0 Å². The molecule has 0 radical (unpaired) electrons. The van der Waals surface area contributed by atoms with Crippen LogP contribution in [0.3, 0.4) is 0 Å². The molecule has 3 aromatic carbocycles. The van der Waals surface area contributed by atoms with Gasteiger partial charge in [0.15, 0.2) is 14.1 Å². The highest BCUT2D eigenvalue weighted by Crippen LogP contribution is 2.48. The largest absolute Gasteiger partial charge is 0.410 e. The third-order valence-corrected chi connectivity index (χ3v) is 13.9. The molecule has 1 fully saturated rings. The minimum absolute atomic E-state index is 0.0870. The molecular formula is C36H44N2O3Si. The Hall–Kier alpha value is -3.48. The van der Waals surface area contributed by atoms with Crippen molar-refractivity contribution in [1.82, 2.24) is 5.16 Å². The Bertz CT molecular complexity index is 1510. The summed E-state index contributed by atoms with van der Waals surface area (Å²) >= 11 is 0. The van der Waals surface area contributed by atoms with Crippen molar-refractivity contribution in [1.29, 1.82) is 0 Å². The van der Waals surface area contributed by atoms with E-state index in [2.05, 4.69) is 106 Å². The first-order valence-corrected chi connectivity index (χ1v) is 18.0. The maximum atomic E-state index is 11.9. The van der Waals surface area contributed by atoms with Crippen LogP contribution in [0.4, 0.5) is 0 Å². The van der Waals surface area contributed by atoms with Crippen molar-refractivity contribution in [3.8, 4) is 22.5 Å². The summed E-state index contributed by atoms with van der Waals surface area (Å²) in [6.07, 6.45) is 4.49. The molecule has 0 spiro atoms. The number of aromatic nitrogens is 1. The van der Waals surface area contributed by atoms with Gasteiger partial charge in [-0.3, -0.25) is 4.79 Å². The molecule has 42 heavy (non-hydrogen) atoms. The van der Waals surface area contributed by atoms with Crippen LogP contribution < -0.4 is 5.73 Å². The van der Waals surface area contributed by atoms with E-state index >= 15 is 0 Å². The highest BCUT2D eigenvalue weighted by atomic mass is 28.4. The number of carbonyl (C=O) groups excluding carboxylic acids is 1. The van der Waals surface area contributed by atoms with Gasteiger partial charge in [-0.15, -0.1) is 0 Å². The molecule has 1 amide bonds. The first-order chi connectivity index (χ1) is 19.9. The summed E-state index contributed by atoms with van der Waals surface area (Å²) in [5.74, 6) is 0.559. The molecule has 0 bridgehead atoms. The van der Waals surface area contributed by atoms with Gasteiger partial charge in [-0.2, -0.15) is 0 Å². The molecule has 1 saturated carbocycles. The molecule has 1 unspecified atom stereocenters. The Morgan fingerprint density at radius 2 is 1.52 bits per heavy atom. The second-order valence-corrected chi connectivity index (χ2v) is 18.1. The Morgan fingerprint density at radius 1 is 0.952 bits per heavy atom. The summed E-state index contributed by atoms with van der Waals surface area (Å²) < 4.78 is 13.1. The molecule has 5 rings (SSSR count). The van der Waals surface area contributed by atoms with E-state index in [1.165, 1.54) is 5.56 Å². The Labute approximate surface area is 251 Å². The van der Waals surface area contributed by atoms with Crippen LogP contribution in [0.2, 0.25) is 18.1 Å². The summed E-state index contributed by atoms with van der Waals surface area (Å²) in [7, 11) is -2.07. The van der Waals surface area contributed by atoms with E-state index in [0.717, 1.165) is 71.4 Å². The zero-order valence-electron chi connectivity index (χ0n) is 25.9. The topological polar surface area (TPSA) is 78.4 Å². The minimum atomic E-state index is -2.07. The lowest BCUT2D eigenvalue weighted by atomic mass is 9.92. The van der Waals surface area contributed by atoms with E-state index in [1.807, 2.05) is 19.1 Å². The Balaban J connectivity index is 1.40. The average molecular weight is 581 g/mol. The van der Waals surface area contributed by atoms with Crippen LogP contribution in [0.5, 0.6) is 0 Å². The molecule has 6 heteroatoms. The van der Waals surface area contributed by atoms with Crippen LogP contribution in [0, 0.1) is 6.92 Å². The summed E-state index contributed by atoms with van der Waals surface area (Å²) in [6, 6.07) is 27.3. The van der Waals surface area contributed by atoms with Crippen LogP contribution in [0.15, 0.2) is 83.4 Å². The molecule has 1 atom stereocenters. The minimum Gasteiger partial charge on any atom is -0.410 e. The van der Waals surface area contributed by atoms with Gasteiger partial charge in [0, 0.05) is 5.56 Å². The third-order valence-electron chi connectivity index (χ3n) is 9.39. The second-order valence-electron chi connectivity index (χ2n) is 13.4. The van der Waals surface area contributed by atoms with Crippen molar-refractivity contribution in [3.63, 3.8) is 0 Å². The van der Waals surface area contributed by atoms with Crippen LogP contribution in [-0.4, -0.2) is 19.4 Å². The number of hydrogen-bond donors (Lipinski definition) is 1. The number of carbonyl (C=O) groups is 1. The number of benzene rings is 3. The van der Waals surface area contributed by atoms with Gasteiger partial charge in [0.05, 0.1) is 22.8 Å². The zero-order chi connectivity index (χ0) is 30.1. The number of aryl methyl sites for hydroxylation is 2. The van der Waals surface area contributed by atoms with E-state index in [4.69, 9.17) is 14.7 Å². The number of rotatable bonds is 11. The van der Waals surface area contributed by atoms with Crippen LogP contribution in [-0.2, 0) is 21.1 Å². The zero-order valence-corrected chi connectivity index (χ0v) is 26.9. The SMILES string of the molecule is Cc1noc(-c2ccc(-c3ccc(C4(C(N)=O)CC4)cc3)cc2)c1C(CCCc1ccccc1)O[Si](C)(C)C(C)(C)C. The maximum Gasteiger partial charge on any atom is 0.228 e. The van der Waals surface area contributed by atoms with Gasteiger partial charge in [0.25, 0.3) is 0 Å². The Morgan fingerprint density at radius 3 is 2.07 bits per heavy atom. The average Bonchev–Trinajstić information content (AvgIpc) is 3.69. The van der Waals surface area contributed by atoms with Gasteiger partial charge < -0.3 is 14.7 Å². The number of nitrogens with two attached hydrogens (primary N) is 1. The fraction of sp³-hybridized carbons (Fsp3) is 0.389.